The normalized spacial score (nSPS) is 42.8. The maximum absolute atomic E-state index is 5.00. The van der Waals surface area contributed by atoms with E-state index in [1.165, 1.54) is 12.8 Å². The highest BCUT2D eigenvalue weighted by Gasteiger charge is 2.33. The molecule has 2 bridgehead atoms. The number of rotatable bonds is 0. The van der Waals surface area contributed by atoms with Gasteiger partial charge in [0, 0.05) is 0 Å². The number of piperidine rings is 1. The molecule has 2 nitrogen and oxygen atoms in total. The van der Waals surface area contributed by atoms with Gasteiger partial charge in [-0.3, -0.25) is 5.32 Å². The van der Waals surface area contributed by atoms with Crippen molar-refractivity contribution < 1.29 is 0 Å². The van der Waals surface area contributed by atoms with Crippen molar-refractivity contribution in [1.29, 1.82) is 0 Å². The Labute approximate surface area is 53.6 Å². The lowest BCUT2D eigenvalue weighted by molar-refractivity contribution is 0.605. The van der Waals surface area contributed by atoms with Gasteiger partial charge in [0.1, 0.15) is 0 Å². The summed E-state index contributed by atoms with van der Waals surface area (Å²) in [6.45, 7) is 0. The third-order valence-electron chi connectivity index (χ3n) is 1.78. The minimum Gasteiger partial charge on any atom is -0.363 e. The molecule has 3 heteroatoms. The van der Waals surface area contributed by atoms with Crippen LogP contribution in [0, 0.1) is 0 Å². The summed E-state index contributed by atoms with van der Waals surface area (Å²) in [5.41, 5.74) is 0. The lowest BCUT2D eigenvalue weighted by Crippen LogP contribution is -2.30. The Morgan fingerprint density at radius 1 is 1.50 bits per heavy atom. The van der Waals surface area contributed by atoms with E-state index in [0.717, 1.165) is 4.99 Å². The lowest BCUT2D eigenvalue weighted by Gasteiger charge is -2.09. The second kappa shape index (κ2) is 1.42. The molecule has 2 saturated heterocycles. The van der Waals surface area contributed by atoms with E-state index in [1.54, 1.807) is 0 Å². The predicted molar refractivity (Wildman–Crippen MR) is 35.7 cm³/mol. The van der Waals surface area contributed by atoms with Crippen molar-refractivity contribution in [3.05, 3.63) is 0 Å². The van der Waals surface area contributed by atoms with Crippen LogP contribution in [0.5, 0.6) is 0 Å². The van der Waals surface area contributed by atoms with Crippen molar-refractivity contribution in [2.75, 3.05) is 0 Å². The van der Waals surface area contributed by atoms with Crippen LogP contribution in [0.2, 0.25) is 0 Å². The minimum absolute atomic E-state index is 0.507. The molecule has 2 N–H and O–H groups in total. The van der Waals surface area contributed by atoms with Crippen LogP contribution in [0.3, 0.4) is 0 Å². The van der Waals surface area contributed by atoms with E-state index in [0.29, 0.717) is 12.2 Å². The van der Waals surface area contributed by atoms with Crippen molar-refractivity contribution in [3.8, 4) is 0 Å². The molecule has 2 fully saturated rings. The number of nitrogens with one attached hydrogen (secondary N) is 2. The van der Waals surface area contributed by atoms with E-state index < -0.39 is 0 Å². The maximum atomic E-state index is 5.00. The van der Waals surface area contributed by atoms with Crippen molar-refractivity contribution in [2.24, 2.45) is 0 Å². The zero-order valence-electron chi connectivity index (χ0n) is 4.48. The molecule has 2 aliphatic heterocycles. The van der Waals surface area contributed by atoms with Crippen LogP contribution in [0.1, 0.15) is 12.8 Å². The Kier molecular flexibility index (Phi) is 0.835. The van der Waals surface area contributed by atoms with Crippen LogP contribution in [-0.4, -0.2) is 17.2 Å². The molecule has 0 amide bonds. The van der Waals surface area contributed by atoms with Gasteiger partial charge in [-0.15, -0.1) is 0 Å². The highest BCUT2D eigenvalue weighted by molar-refractivity contribution is 7.80. The number of hydrogen-bond donors (Lipinski definition) is 2. The molecule has 2 rings (SSSR count). The summed E-state index contributed by atoms with van der Waals surface area (Å²) in [4.78, 5) is 1.02. The molecule has 0 aliphatic carbocycles. The zero-order valence-corrected chi connectivity index (χ0v) is 5.29. The fourth-order valence-corrected chi connectivity index (χ4v) is 1.66. The first-order valence-corrected chi connectivity index (χ1v) is 3.33. The molecule has 0 saturated carbocycles. The first kappa shape index (κ1) is 4.70. The largest absolute Gasteiger partial charge is 0.363 e. The summed E-state index contributed by atoms with van der Waals surface area (Å²) >= 11 is 5.00. The van der Waals surface area contributed by atoms with Gasteiger partial charge in [0.15, 0.2) is 0 Å². The van der Waals surface area contributed by atoms with Crippen molar-refractivity contribution in [2.45, 2.75) is 25.0 Å². The number of fused-ring (bicyclic) bond motifs is 2. The number of thiocarbonyl (C=S) groups is 1. The Morgan fingerprint density at radius 2 is 2.38 bits per heavy atom. The second-order valence-electron chi connectivity index (χ2n) is 2.36. The molecule has 0 aromatic heterocycles. The van der Waals surface area contributed by atoms with Crippen LogP contribution in [0.15, 0.2) is 0 Å². The lowest BCUT2D eigenvalue weighted by atomic mass is 10.2. The Bertz CT molecular complexity index is 134. The SMILES string of the molecule is S=C1N[C@@H]2CC[C@@H]1N2. The molecule has 0 spiro atoms. The summed E-state index contributed by atoms with van der Waals surface area (Å²) in [5.74, 6) is 0. The molecule has 0 aromatic rings. The van der Waals surface area contributed by atoms with Crippen molar-refractivity contribution in [3.63, 3.8) is 0 Å². The quantitative estimate of drug-likeness (QED) is 0.449. The fraction of sp³-hybridized carbons (Fsp3) is 0.800. The van der Waals surface area contributed by atoms with E-state index >= 15 is 0 Å². The molecule has 2 atom stereocenters. The fourth-order valence-electron chi connectivity index (χ4n) is 1.34. The molecule has 2 heterocycles. The molecule has 2 aliphatic rings. The van der Waals surface area contributed by atoms with Crippen LogP contribution in [0.4, 0.5) is 0 Å². The van der Waals surface area contributed by atoms with E-state index in [2.05, 4.69) is 10.6 Å². The summed E-state index contributed by atoms with van der Waals surface area (Å²) in [6, 6.07) is 0.509. The van der Waals surface area contributed by atoms with Gasteiger partial charge in [-0.2, -0.15) is 0 Å². The van der Waals surface area contributed by atoms with Crippen molar-refractivity contribution >= 4 is 17.2 Å². The van der Waals surface area contributed by atoms with Gasteiger partial charge in [0.2, 0.25) is 0 Å². The van der Waals surface area contributed by atoms with Crippen molar-refractivity contribution in [1.82, 2.24) is 10.6 Å². The summed E-state index contributed by atoms with van der Waals surface area (Å²) in [5, 5.41) is 6.50. The molecule has 0 unspecified atom stereocenters. The monoisotopic (exact) mass is 128 g/mol. The molecule has 0 aromatic carbocycles. The highest BCUT2D eigenvalue weighted by atomic mass is 32.1. The number of hydrogen-bond acceptors (Lipinski definition) is 2. The third kappa shape index (κ3) is 0.485. The van der Waals surface area contributed by atoms with Gasteiger partial charge in [-0.05, 0) is 12.8 Å². The smallest absolute Gasteiger partial charge is 0.0938 e. The van der Waals surface area contributed by atoms with Gasteiger partial charge in [-0.25, -0.2) is 0 Å². The van der Waals surface area contributed by atoms with Crippen LogP contribution in [0.25, 0.3) is 0 Å². The van der Waals surface area contributed by atoms with Gasteiger partial charge in [0.25, 0.3) is 0 Å². The molecule has 0 radical (unpaired) electrons. The van der Waals surface area contributed by atoms with Crippen LogP contribution >= 0.6 is 12.2 Å². The zero-order chi connectivity index (χ0) is 5.56. The van der Waals surface area contributed by atoms with Gasteiger partial charge >= 0.3 is 0 Å². The van der Waals surface area contributed by atoms with Gasteiger partial charge in [0.05, 0.1) is 17.2 Å². The summed E-state index contributed by atoms with van der Waals surface area (Å²) in [7, 11) is 0. The third-order valence-corrected chi connectivity index (χ3v) is 2.18. The Morgan fingerprint density at radius 3 is 2.62 bits per heavy atom. The van der Waals surface area contributed by atoms with E-state index in [9.17, 15) is 0 Å². The van der Waals surface area contributed by atoms with Gasteiger partial charge < -0.3 is 5.32 Å². The minimum atomic E-state index is 0.507. The molecular formula is C5H8N2S. The summed E-state index contributed by atoms with van der Waals surface area (Å²) in [6.07, 6.45) is 2.98. The first-order chi connectivity index (χ1) is 3.86. The average Bonchev–Trinajstić information content (AvgIpc) is 2.23. The first-order valence-electron chi connectivity index (χ1n) is 2.93. The van der Waals surface area contributed by atoms with Crippen LogP contribution in [-0.2, 0) is 0 Å². The maximum Gasteiger partial charge on any atom is 0.0938 e. The van der Waals surface area contributed by atoms with Gasteiger partial charge in [-0.1, -0.05) is 12.2 Å². The Hall–Kier alpha value is -0.150. The predicted octanol–water partition coefficient (Wildman–Crippen LogP) is -0.00490. The Balaban J connectivity index is 2.22. The van der Waals surface area contributed by atoms with E-state index in [4.69, 9.17) is 12.2 Å². The molecule has 44 valence electrons. The standard InChI is InChI=1S/C5H8N2S/c8-5-3-1-2-4(6-3)7-5/h3-4,6H,1-2H2,(H,7,8)/t3-,4+/m0/s1. The second-order valence-corrected chi connectivity index (χ2v) is 2.80. The molecule has 8 heavy (non-hydrogen) atoms. The topological polar surface area (TPSA) is 24.1 Å². The summed E-state index contributed by atoms with van der Waals surface area (Å²) < 4.78 is 0. The van der Waals surface area contributed by atoms with Crippen LogP contribution < -0.4 is 10.6 Å². The van der Waals surface area contributed by atoms with E-state index in [1.807, 2.05) is 0 Å². The highest BCUT2D eigenvalue weighted by Crippen LogP contribution is 2.17. The molecular weight excluding hydrogens is 120 g/mol. The van der Waals surface area contributed by atoms with E-state index in [-0.39, 0.29) is 0 Å². The average molecular weight is 128 g/mol.